The summed E-state index contributed by atoms with van der Waals surface area (Å²) in [6, 6.07) is 2.97. The van der Waals surface area contributed by atoms with Crippen LogP contribution in [0, 0.1) is 5.92 Å². The summed E-state index contributed by atoms with van der Waals surface area (Å²) in [7, 11) is -3.85. The van der Waals surface area contributed by atoms with Gasteiger partial charge < -0.3 is 10.2 Å². The van der Waals surface area contributed by atoms with Crippen LogP contribution >= 0.6 is 11.6 Å². The highest BCUT2D eigenvalue weighted by Crippen LogP contribution is 2.37. The lowest BCUT2D eigenvalue weighted by Gasteiger charge is -2.30. The van der Waals surface area contributed by atoms with E-state index in [1.54, 1.807) is 6.07 Å². The minimum absolute atomic E-state index is 0.0137. The molecule has 2 aliphatic heterocycles. The predicted octanol–water partition coefficient (Wildman–Crippen LogP) is 4.77. The highest BCUT2D eigenvalue weighted by atomic mass is 35.5. The second kappa shape index (κ2) is 9.04. The van der Waals surface area contributed by atoms with Crippen LogP contribution in [-0.2, 0) is 10.0 Å². The molecule has 0 unspecified atom stereocenters. The third kappa shape index (κ3) is 5.12. The summed E-state index contributed by atoms with van der Waals surface area (Å²) >= 11 is 6.43. The fourth-order valence-electron chi connectivity index (χ4n) is 3.88. The number of nitrogens with one attached hydrogen (secondary N) is 1. The normalized spacial score (nSPS) is 19.1. The topological polar surface area (TPSA) is 78.8 Å². The van der Waals surface area contributed by atoms with Gasteiger partial charge in [-0.25, -0.2) is 0 Å². The second-order valence-corrected chi connectivity index (χ2v) is 10.4. The average molecular weight is 440 g/mol. The van der Waals surface area contributed by atoms with E-state index in [4.69, 9.17) is 11.6 Å². The Morgan fingerprint density at radius 2 is 1.97 bits per heavy atom. The van der Waals surface area contributed by atoms with Gasteiger partial charge in [-0.2, -0.15) is 8.42 Å². The standard InChI is InChI=1S/C21H30ClN3O3S/c1-14(2)8-7-9-15(3)23-21(26)16-12-19-18(13-17(16)22)25-11-6-4-5-10-20(25)24-29(19,27)28/h12-15H,4-11H2,1-3H3,(H,23,26)/t15-/m1/s1. The van der Waals surface area contributed by atoms with Crippen molar-refractivity contribution in [3.05, 3.63) is 22.7 Å². The summed E-state index contributed by atoms with van der Waals surface area (Å²) in [5.41, 5.74) is 0.710. The first kappa shape index (κ1) is 22.1. The van der Waals surface area contributed by atoms with Crippen molar-refractivity contribution in [1.82, 2.24) is 5.32 Å². The number of hydrogen-bond acceptors (Lipinski definition) is 4. The van der Waals surface area contributed by atoms with E-state index in [1.807, 2.05) is 11.8 Å². The number of benzene rings is 1. The molecular weight excluding hydrogens is 410 g/mol. The summed E-state index contributed by atoms with van der Waals surface area (Å²) in [4.78, 5) is 14.8. The maximum Gasteiger partial charge on any atom is 0.286 e. The van der Waals surface area contributed by atoms with E-state index in [9.17, 15) is 13.2 Å². The molecule has 1 aromatic rings. The molecule has 160 valence electrons. The summed E-state index contributed by atoms with van der Waals surface area (Å²) in [5, 5.41) is 3.20. The summed E-state index contributed by atoms with van der Waals surface area (Å²) in [6.45, 7) is 7.01. The number of carbonyl (C=O) groups is 1. The maximum atomic E-state index is 12.8. The lowest BCUT2D eigenvalue weighted by Crippen LogP contribution is -2.36. The molecule has 2 heterocycles. The molecule has 1 atom stereocenters. The monoisotopic (exact) mass is 439 g/mol. The Hall–Kier alpha value is -1.60. The minimum atomic E-state index is -3.85. The zero-order chi connectivity index (χ0) is 21.2. The molecule has 0 aromatic heterocycles. The van der Waals surface area contributed by atoms with E-state index in [0.29, 0.717) is 30.4 Å². The van der Waals surface area contributed by atoms with Crippen molar-refractivity contribution in [3.8, 4) is 0 Å². The van der Waals surface area contributed by atoms with Gasteiger partial charge in [0.25, 0.3) is 15.9 Å². The van der Waals surface area contributed by atoms with Crippen molar-refractivity contribution in [2.24, 2.45) is 10.3 Å². The highest BCUT2D eigenvalue weighted by Gasteiger charge is 2.33. The SMILES string of the molecule is CC(C)CCC[C@@H](C)NC(=O)c1cc2c(cc1Cl)N1CCCCCC1=NS2(=O)=O. The molecule has 29 heavy (non-hydrogen) atoms. The zero-order valence-corrected chi connectivity index (χ0v) is 18.9. The van der Waals surface area contributed by atoms with Crippen LogP contribution in [0.25, 0.3) is 0 Å². The van der Waals surface area contributed by atoms with Crippen molar-refractivity contribution in [2.75, 3.05) is 11.4 Å². The van der Waals surface area contributed by atoms with Gasteiger partial charge in [-0.05, 0) is 44.2 Å². The van der Waals surface area contributed by atoms with E-state index in [-0.39, 0.29) is 27.4 Å². The lowest BCUT2D eigenvalue weighted by atomic mass is 10.0. The van der Waals surface area contributed by atoms with Gasteiger partial charge in [0.15, 0.2) is 0 Å². The maximum absolute atomic E-state index is 12.8. The molecule has 0 radical (unpaired) electrons. The third-order valence-corrected chi connectivity index (χ3v) is 7.12. The number of carbonyl (C=O) groups excluding carboxylic acids is 1. The van der Waals surface area contributed by atoms with E-state index >= 15 is 0 Å². The fourth-order valence-corrected chi connectivity index (χ4v) is 5.39. The molecule has 2 aliphatic rings. The van der Waals surface area contributed by atoms with Crippen molar-refractivity contribution in [1.29, 1.82) is 0 Å². The Kier molecular flexibility index (Phi) is 6.89. The van der Waals surface area contributed by atoms with Crippen LogP contribution in [0.5, 0.6) is 0 Å². The van der Waals surface area contributed by atoms with Crippen LogP contribution in [0.1, 0.15) is 76.1 Å². The molecule has 1 aromatic carbocycles. The number of nitrogens with zero attached hydrogens (tertiary/aromatic N) is 2. The molecule has 6 nitrogen and oxygen atoms in total. The summed E-state index contributed by atoms with van der Waals surface area (Å²) in [5.74, 6) is 0.848. The largest absolute Gasteiger partial charge is 0.350 e. The van der Waals surface area contributed by atoms with Crippen LogP contribution in [0.2, 0.25) is 5.02 Å². The van der Waals surface area contributed by atoms with Crippen LogP contribution in [0.4, 0.5) is 5.69 Å². The van der Waals surface area contributed by atoms with Gasteiger partial charge in [0.05, 0.1) is 16.3 Å². The van der Waals surface area contributed by atoms with Gasteiger partial charge in [0, 0.05) is 19.0 Å². The van der Waals surface area contributed by atoms with Crippen molar-refractivity contribution < 1.29 is 13.2 Å². The van der Waals surface area contributed by atoms with Crippen LogP contribution < -0.4 is 10.2 Å². The predicted molar refractivity (Wildman–Crippen MR) is 118 cm³/mol. The second-order valence-electron chi connectivity index (χ2n) is 8.44. The summed E-state index contributed by atoms with van der Waals surface area (Å²) < 4.78 is 29.6. The molecule has 0 aliphatic carbocycles. The molecular formula is C21H30ClN3O3S. The van der Waals surface area contributed by atoms with Gasteiger partial charge in [-0.1, -0.05) is 44.7 Å². The van der Waals surface area contributed by atoms with Gasteiger partial charge in [0.1, 0.15) is 10.7 Å². The van der Waals surface area contributed by atoms with Crippen molar-refractivity contribution in [2.45, 2.75) is 76.7 Å². The van der Waals surface area contributed by atoms with Gasteiger partial charge in [-0.3, -0.25) is 4.79 Å². The third-order valence-electron chi connectivity index (χ3n) is 5.48. The van der Waals surface area contributed by atoms with E-state index in [0.717, 1.165) is 38.5 Å². The molecule has 0 saturated carbocycles. The molecule has 0 spiro atoms. The Labute approximate surface area is 178 Å². The van der Waals surface area contributed by atoms with E-state index < -0.39 is 10.0 Å². The first-order chi connectivity index (χ1) is 13.7. The summed E-state index contributed by atoms with van der Waals surface area (Å²) in [6.07, 6.45) is 6.55. The van der Waals surface area contributed by atoms with Gasteiger partial charge >= 0.3 is 0 Å². The molecule has 1 N–H and O–H groups in total. The molecule has 0 bridgehead atoms. The van der Waals surface area contributed by atoms with Crippen LogP contribution in [-0.4, -0.2) is 32.7 Å². The smallest absolute Gasteiger partial charge is 0.286 e. The van der Waals surface area contributed by atoms with Gasteiger partial charge in [0.2, 0.25) is 0 Å². The Morgan fingerprint density at radius 1 is 1.21 bits per heavy atom. The first-order valence-corrected chi connectivity index (χ1v) is 12.3. The van der Waals surface area contributed by atoms with E-state index in [1.165, 1.54) is 6.07 Å². The Morgan fingerprint density at radius 3 is 2.69 bits per heavy atom. The molecule has 8 heteroatoms. The van der Waals surface area contributed by atoms with Crippen molar-refractivity contribution >= 4 is 39.1 Å². The molecule has 1 amide bonds. The van der Waals surface area contributed by atoms with Crippen molar-refractivity contribution in [3.63, 3.8) is 0 Å². The molecule has 1 fully saturated rings. The van der Waals surface area contributed by atoms with E-state index in [2.05, 4.69) is 23.6 Å². The number of fused-ring (bicyclic) bond motifs is 3. The number of halogens is 1. The minimum Gasteiger partial charge on any atom is -0.350 e. The number of hydrogen-bond donors (Lipinski definition) is 1. The number of amides is 1. The molecule has 3 rings (SSSR count). The van der Waals surface area contributed by atoms with Gasteiger partial charge in [-0.15, -0.1) is 4.40 Å². The number of rotatable bonds is 6. The quantitative estimate of drug-likeness (QED) is 0.692. The van der Waals surface area contributed by atoms with Crippen LogP contribution in [0.15, 0.2) is 21.4 Å². The average Bonchev–Trinajstić information content (AvgIpc) is 2.85. The van der Waals surface area contributed by atoms with Crippen LogP contribution in [0.3, 0.4) is 0 Å². The number of anilines is 1. The Bertz CT molecular complexity index is 912. The lowest BCUT2D eigenvalue weighted by molar-refractivity contribution is 0.0937. The Balaban J connectivity index is 1.84. The molecule has 1 saturated heterocycles. The zero-order valence-electron chi connectivity index (χ0n) is 17.4. The number of amidine groups is 1. The first-order valence-electron chi connectivity index (χ1n) is 10.4. The highest BCUT2D eigenvalue weighted by molar-refractivity contribution is 7.90. The number of sulfonamides is 1. The fraction of sp³-hybridized carbons (Fsp3) is 0.619.